The van der Waals surface area contributed by atoms with E-state index in [0.29, 0.717) is 6.04 Å². The van der Waals surface area contributed by atoms with Gasteiger partial charge < -0.3 is 14.5 Å². The van der Waals surface area contributed by atoms with Gasteiger partial charge in [0.1, 0.15) is 5.76 Å². The Morgan fingerprint density at radius 3 is 2.71 bits per heavy atom. The van der Waals surface area contributed by atoms with E-state index in [1.807, 2.05) is 7.05 Å². The molecule has 3 nitrogen and oxygen atoms in total. The van der Waals surface area contributed by atoms with E-state index < -0.39 is 0 Å². The molecule has 1 unspecified atom stereocenters. The van der Waals surface area contributed by atoms with Gasteiger partial charge >= 0.3 is 0 Å². The van der Waals surface area contributed by atoms with E-state index in [0.717, 1.165) is 25.0 Å². The molecule has 0 aliphatic heterocycles. The van der Waals surface area contributed by atoms with Crippen LogP contribution in [0.3, 0.4) is 0 Å². The second-order valence-electron chi connectivity index (χ2n) is 5.00. The van der Waals surface area contributed by atoms with Gasteiger partial charge in [-0.3, -0.25) is 0 Å². The Kier molecular flexibility index (Phi) is 5.22. The van der Waals surface area contributed by atoms with Crippen LogP contribution in [0.4, 0.5) is 0 Å². The van der Waals surface area contributed by atoms with Crippen molar-refractivity contribution in [1.29, 1.82) is 0 Å². The zero-order valence-corrected chi connectivity index (χ0v) is 11.7. The summed E-state index contributed by atoms with van der Waals surface area (Å²) in [6, 6.07) is 2.41. The Morgan fingerprint density at radius 2 is 2.18 bits per heavy atom. The van der Waals surface area contributed by atoms with Crippen molar-refractivity contribution in [3.63, 3.8) is 0 Å². The van der Waals surface area contributed by atoms with Gasteiger partial charge in [0.05, 0.1) is 11.9 Å². The lowest BCUT2D eigenvalue weighted by atomic mass is 9.95. The minimum absolute atomic E-state index is 0.0643. The highest BCUT2D eigenvalue weighted by Gasteiger charge is 2.21. The van der Waals surface area contributed by atoms with Crippen LogP contribution in [-0.2, 0) is 11.2 Å². The molecule has 0 saturated carbocycles. The first-order valence-electron chi connectivity index (χ1n) is 6.32. The summed E-state index contributed by atoms with van der Waals surface area (Å²) in [5.74, 6) is 1.08. The summed E-state index contributed by atoms with van der Waals surface area (Å²) in [5.41, 5.74) is 1.22. The molecule has 0 bridgehead atoms. The first kappa shape index (κ1) is 14.3. The average Bonchev–Trinajstić information content (AvgIpc) is 2.78. The second-order valence-corrected chi connectivity index (χ2v) is 5.00. The molecule has 3 heteroatoms. The maximum absolute atomic E-state index is 5.48. The van der Waals surface area contributed by atoms with Crippen molar-refractivity contribution < 1.29 is 9.15 Å². The maximum Gasteiger partial charge on any atom is 0.108 e. The van der Waals surface area contributed by atoms with E-state index in [1.165, 1.54) is 5.56 Å². The minimum atomic E-state index is -0.0643. The molecule has 1 heterocycles. The highest BCUT2D eigenvalue weighted by atomic mass is 16.5. The van der Waals surface area contributed by atoms with Gasteiger partial charge in [-0.15, -0.1) is 0 Å². The van der Waals surface area contributed by atoms with Gasteiger partial charge in [-0.05, 0) is 39.8 Å². The molecule has 1 N–H and O–H groups in total. The molecule has 0 aliphatic carbocycles. The summed E-state index contributed by atoms with van der Waals surface area (Å²) < 4.78 is 10.9. The number of hydrogen-bond donors (Lipinski definition) is 1. The lowest BCUT2D eigenvalue weighted by molar-refractivity contribution is 0.0118. The van der Waals surface area contributed by atoms with E-state index >= 15 is 0 Å². The minimum Gasteiger partial charge on any atom is -0.469 e. The molecule has 0 amide bonds. The largest absolute Gasteiger partial charge is 0.469 e. The quantitative estimate of drug-likeness (QED) is 0.792. The van der Waals surface area contributed by atoms with Crippen LogP contribution in [0.1, 0.15) is 51.0 Å². The monoisotopic (exact) mass is 239 g/mol. The van der Waals surface area contributed by atoms with Crippen molar-refractivity contribution in [2.75, 3.05) is 14.2 Å². The fourth-order valence-electron chi connectivity index (χ4n) is 2.00. The second kappa shape index (κ2) is 6.22. The molecule has 0 aliphatic rings. The highest BCUT2D eigenvalue weighted by Crippen LogP contribution is 2.27. The first-order chi connectivity index (χ1) is 8.04. The zero-order chi connectivity index (χ0) is 12.9. The Hall–Kier alpha value is -0.800. The van der Waals surface area contributed by atoms with Crippen molar-refractivity contribution >= 4 is 0 Å². The normalized spacial score (nSPS) is 13.9. The van der Waals surface area contributed by atoms with Crippen LogP contribution in [0.25, 0.3) is 0 Å². The third-order valence-electron chi connectivity index (χ3n) is 3.41. The number of nitrogens with one attached hydrogen (secondary N) is 1. The van der Waals surface area contributed by atoms with Gasteiger partial charge in [0.15, 0.2) is 0 Å². The lowest BCUT2D eigenvalue weighted by Gasteiger charge is -2.25. The molecule has 0 aromatic carbocycles. The molecule has 17 heavy (non-hydrogen) atoms. The standard InChI is InChI=1S/C14H25NO2/c1-6-13-11(8-10-17-13)12(15-4)7-9-14(2,3)16-5/h8,10,12,15H,6-7,9H2,1-5H3. The van der Waals surface area contributed by atoms with E-state index in [9.17, 15) is 0 Å². The van der Waals surface area contributed by atoms with Gasteiger partial charge in [-0.25, -0.2) is 0 Å². The Morgan fingerprint density at radius 1 is 1.47 bits per heavy atom. The first-order valence-corrected chi connectivity index (χ1v) is 6.32. The average molecular weight is 239 g/mol. The van der Waals surface area contributed by atoms with Gasteiger partial charge in [-0.2, -0.15) is 0 Å². The summed E-state index contributed by atoms with van der Waals surface area (Å²) in [4.78, 5) is 0. The lowest BCUT2D eigenvalue weighted by Crippen LogP contribution is -2.26. The number of furan rings is 1. The van der Waals surface area contributed by atoms with Crippen molar-refractivity contribution in [3.8, 4) is 0 Å². The molecule has 0 fully saturated rings. The Balaban J connectivity index is 2.66. The van der Waals surface area contributed by atoms with E-state index in [2.05, 4.69) is 32.2 Å². The topological polar surface area (TPSA) is 34.4 Å². The predicted octanol–water partition coefficient (Wildman–Crippen LogP) is 3.31. The molecule has 0 saturated heterocycles. The Labute approximate surface area is 105 Å². The molecule has 0 radical (unpaired) electrons. The van der Waals surface area contributed by atoms with Crippen LogP contribution < -0.4 is 5.32 Å². The number of rotatable bonds is 7. The van der Waals surface area contributed by atoms with Gasteiger partial charge in [-0.1, -0.05) is 6.92 Å². The molecule has 1 aromatic rings. The van der Waals surface area contributed by atoms with Crippen LogP contribution in [0.5, 0.6) is 0 Å². The number of ether oxygens (including phenoxy) is 1. The third kappa shape index (κ3) is 3.86. The van der Waals surface area contributed by atoms with E-state index in [-0.39, 0.29) is 5.60 Å². The molecule has 0 spiro atoms. The van der Waals surface area contributed by atoms with E-state index in [1.54, 1.807) is 13.4 Å². The molecule has 1 aromatic heterocycles. The SMILES string of the molecule is CCc1occc1C(CCC(C)(C)OC)NC. The van der Waals surface area contributed by atoms with Crippen LogP contribution in [-0.4, -0.2) is 19.8 Å². The van der Waals surface area contributed by atoms with Crippen molar-refractivity contribution in [3.05, 3.63) is 23.7 Å². The number of aryl methyl sites for hydroxylation is 1. The van der Waals surface area contributed by atoms with Gasteiger partial charge in [0, 0.05) is 25.1 Å². The van der Waals surface area contributed by atoms with E-state index in [4.69, 9.17) is 9.15 Å². The smallest absolute Gasteiger partial charge is 0.108 e. The fourth-order valence-corrected chi connectivity index (χ4v) is 2.00. The molecular formula is C14H25NO2. The number of hydrogen-bond acceptors (Lipinski definition) is 3. The van der Waals surface area contributed by atoms with Crippen molar-refractivity contribution in [2.45, 2.75) is 51.7 Å². The fraction of sp³-hybridized carbons (Fsp3) is 0.714. The summed E-state index contributed by atoms with van der Waals surface area (Å²) in [7, 11) is 3.76. The van der Waals surface area contributed by atoms with Gasteiger partial charge in [0.25, 0.3) is 0 Å². The molecule has 1 rings (SSSR count). The number of methoxy groups -OCH3 is 1. The zero-order valence-electron chi connectivity index (χ0n) is 11.7. The van der Waals surface area contributed by atoms with Crippen LogP contribution in [0.15, 0.2) is 16.7 Å². The maximum atomic E-state index is 5.48. The summed E-state index contributed by atoms with van der Waals surface area (Å²) in [6.07, 6.45) is 4.78. The molecular weight excluding hydrogens is 214 g/mol. The van der Waals surface area contributed by atoms with Crippen molar-refractivity contribution in [1.82, 2.24) is 5.32 Å². The van der Waals surface area contributed by atoms with Crippen LogP contribution in [0.2, 0.25) is 0 Å². The summed E-state index contributed by atoms with van der Waals surface area (Å²) >= 11 is 0. The van der Waals surface area contributed by atoms with Crippen LogP contribution in [0, 0.1) is 0 Å². The highest BCUT2D eigenvalue weighted by molar-refractivity contribution is 5.21. The van der Waals surface area contributed by atoms with Gasteiger partial charge in [0.2, 0.25) is 0 Å². The van der Waals surface area contributed by atoms with Crippen molar-refractivity contribution in [2.24, 2.45) is 0 Å². The summed E-state index contributed by atoms with van der Waals surface area (Å²) in [5, 5.41) is 3.36. The summed E-state index contributed by atoms with van der Waals surface area (Å²) in [6.45, 7) is 6.36. The molecule has 1 atom stereocenters. The Bertz CT molecular complexity index is 331. The predicted molar refractivity (Wildman–Crippen MR) is 70.2 cm³/mol. The molecule has 98 valence electrons. The van der Waals surface area contributed by atoms with Crippen LogP contribution >= 0.6 is 0 Å². The third-order valence-corrected chi connectivity index (χ3v) is 3.41.